The number of hydrogen-bond acceptors (Lipinski definition) is 5. The lowest BCUT2D eigenvalue weighted by Gasteiger charge is -2.27. The molecule has 2 aromatic carbocycles. The van der Waals surface area contributed by atoms with Gasteiger partial charge < -0.3 is 24.4 Å². The van der Waals surface area contributed by atoms with E-state index >= 15 is 0 Å². The summed E-state index contributed by atoms with van der Waals surface area (Å²) in [6.07, 6.45) is 0. The van der Waals surface area contributed by atoms with Crippen LogP contribution in [0.25, 0.3) is 0 Å². The van der Waals surface area contributed by atoms with E-state index in [1.807, 2.05) is 6.92 Å². The van der Waals surface area contributed by atoms with E-state index in [0.717, 1.165) is 0 Å². The number of amides is 2. The summed E-state index contributed by atoms with van der Waals surface area (Å²) in [4.78, 5) is 27.4. The highest BCUT2D eigenvalue weighted by atomic mass is 35.5. The van der Waals surface area contributed by atoms with Crippen molar-refractivity contribution in [1.82, 2.24) is 4.90 Å². The first kappa shape index (κ1) is 21.0. The maximum absolute atomic E-state index is 12.8. The average molecular weight is 419 g/mol. The van der Waals surface area contributed by atoms with E-state index in [9.17, 15) is 9.59 Å². The average Bonchev–Trinajstić information content (AvgIpc) is 2.74. The Morgan fingerprint density at radius 3 is 2.52 bits per heavy atom. The summed E-state index contributed by atoms with van der Waals surface area (Å²) in [7, 11) is 2.95. The van der Waals surface area contributed by atoms with E-state index in [2.05, 4.69) is 5.32 Å². The van der Waals surface area contributed by atoms with Crippen LogP contribution in [0.4, 0.5) is 5.69 Å². The summed E-state index contributed by atoms with van der Waals surface area (Å²) in [5, 5.41) is 3.12. The molecule has 1 saturated heterocycles. The van der Waals surface area contributed by atoms with Crippen LogP contribution in [0, 0.1) is 6.92 Å². The zero-order chi connectivity index (χ0) is 21.0. The molecule has 7 nitrogen and oxygen atoms in total. The van der Waals surface area contributed by atoms with Gasteiger partial charge in [-0.3, -0.25) is 9.59 Å². The molecular weight excluding hydrogens is 396 g/mol. The number of rotatable bonds is 5. The molecule has 0 atom stereocenters. The molecule has 2 aromatic rings. The van der Waals surface area contributed by atoms with Crippen LogP contribution in [-0.2, 0) is 4.74 Å². The minimum absolute atomic E-state index is 0.0731. The van der Waals surface area contributed by atoms with Gasteiger partial charge in [0.25, 0.3) is 11.8 Å². The standard InChI is InChI=1S/C21H23ClN2O5/c1-13-15(21(26)24-7-9-29-10-8-24)5-4-6-17(13)23-20(25)14-11-16(22)19(28-3)18(12-14)27-2/h4-6,11-12H,7-10H2,1-3H3,(H,23,25). The number of methoxy groups -OCH3 is 2. The van der Waals surface area contributed by atoms with Gasteiger partial charge in [-0.2, -0.15) is 0 Å². The first-order valence-corrected chi connectivity index (χ1v) is 9.53. The summed E-state index contributed by atoms with van der Waals surface area (Å²) >= 11 is 6.20. The van der Waals surface area contributed by atoms with Crippen LogP contribution in [0.3, 0.4) is 0 Å². The predicted octanol–water partition coefficient (Wildman–Crippen LogP) is 3.39. The maximum atomic E-state index is 12.8. The van der Waals surface area contributed by atoms with Gasteiger partial charge in [-0.1, -0.05) is 17.7 Å². The van der Waals surface area contributed by atoms with E-state index in [1.165, 1.54) is 20.3 Å². The third-order valence-electron chi connectivity index (χ3n) is 4.81. The largest absolute Gasteiger partial charge is 0.493 e. The number of morpholine rings is 1. The van der Waals surface area contributed by atoms with Gasteiger partial charge in [0.15, 0.2) is 11.5 Å². The lowest BCUT2D eigenvalue weighted by atomic mass is 10.0. The second-order valence-corrected chi connectivity index (χ2v) is 6.94. The summed E-state index contributed by atoms with van der Waals surface area (Å²) in [5.41, 5.74) is 2.12. The molecule has 29 heavy (non-hydrogen) atoms. The monoisotopic (exact) mass is 418 g/mol. The number of nitrogens with one attached hydrogen (secondary N) is 1. The number of ether oxygens (including phenoxy) is 3. The fraction of sp³-hybridized carbons (Fsp3) is 0.333. The van der Waals surface area contributed by atoms with Gasteiger partial charge in [-0.15, -0.1) is 0 Å². The molecule has 1 heterocycles. The van der Waals surface area contributed by atoms with Crippen LogP contribution in [0.2, 0.25) is 5.02 Å². The van der Waals surface area contributed by atoms with Gasteiger partial charge in [0.05, 0.1) is 32.5 Å². The highest BCUT2D eigenvalue weighted by molar-refractivity contribution is 6.32. The smallest absolute Gasteiger partial charge is 0.255 e. The molecule has 154 valence electrons. The molecule has 3 rings (SSSR count). The first-order chi connectivity index (χ1) is 14.0. The van der Waals surface area contributed by atoms with E-state index in [0.29, 0.717) is 60.2 Å². The van der Waals surface area contributed by atoms with Crippen molar-refractivity contribution in [3.63, 3.8) is 0 Å². The second kappa shape index (κ2) is 9.15. The summed E-state index contributed by atoms with van der Waals surface area (Å²) in [6, 6.07) is 8.33. The normalized spacial score (nSPS) is 13.7. The maximum Gasteiger partial charge on any atom is 0.255 e. The molecule has 1 aliphatic heterocycles. The van der Waals surface area contributed by atoms with Crippen molar-refractivity contribution >= 4 is 29.1 Å². The van der Waals surface area contributed by atoms with Crippen LogP contribution < -0.4 is 14.8 Å². The Balaban J connectivity index is 1.84. The van der Waals surface area contributed by atoms with Crippen LogP contribution in [0.15, 0.2) is 30.3 Å². The zero-order valence-corrected chi connectivity index (χ0v) is 17.3. The topological polar surface area (TPSA) is 77.1 Å². The van der Waals surface area contributed by atoms with Crippen molar-refractivity contribution in [1.29, 1.82) is 0 Å². The molecule has 1 N–H and O–H groups in total. The Kier molecular flexibility index (Phi) is 6.61. The molecule has 0 aliphatic carbocycles. The third-order valence-corrected chi connectivity index (χ3v) is 5.09. The summed E-state index contributed by atoms with van der Waals surface area (Å²) in [6.45, 7) is 3.98. The second-order valence-electron chi connectivity index (χ2n) is 6.53. The number of carbonyl (C=O) groups is 2. The van der Waals surface area contributed by atoms with Crippen molar-refractivity contribution < 1.29 is 23.8 Å². The Bertz CT molecular complexity index is 926. The van der Waals surface area contributed by atoms with Crippen LogP contribution in [-0.4, -0.2) is 57.2 Å². The Morgan fingerprint density at radius 2 is 1.86 bits per heavy atom. The minimum atomic E-state index is -0.369. The Morgan fingerprint density at radius 1 is 1.14 bits per heavy atom. The number of hydrogen-bond donors (Lipinski definition) is 1. The Labute approximate surface area is 174 Å². The molecule has 0 spiro atoms. The quantitative estimate of drug-likeness (QED) is 0.805. The molecule has 0 unspecified atom stereocenters. The molecule has 0 aromatic heterocycles. The Hall–Kier alpha value is -2.77. The van der Waals surface area contributed by atoms with E-state index in [1.54, 1.807) is 29.2 Å². The van der Waals surface area contributed by atoms with Gasteiger partial charge in [-0.25, -0.2) is 0 Å². The third kappa shape index (κ3) is 4.46. The van der Waals surface area contributed by atoms with Gasteiger partial charge >= 0.3 is 0 Å². The highest BCUT2D eigenvalue weighted by Crippen LogP contribution is 2.36. The lowest BCUT2D eigenvalue weighted by Crippen LogP contribution is -2.41. The summed E-state index contributed by atoms with van der Waals surface area (Å²) < 4.78 is 15.8. The molecule has 2 amide bonds. The first-order valence-electron chi connectivity index (χ1n) is 9.15. The van der Waals surface area contributed by atoms with Crippen LogP contribution in [0.1, 0.15) is 26.3 Å². The predicted molar refractivity (Wildman–Crippen MR) is 110 cm³/mol. The van der Waals surface area contributed by atoms with Crippen molar-refractivity contribution in [3.8, 4) is 11.5 Å². The fourth-order valence-corrected chi connectivity index (χ4v) is 3.47. The summed E-state index contributed by atoms with van der Waals surface area (Å²) in [5.74, 6) is 0.279. The number of nitrogens with zero attached hydrogens (tertiary/aromatic N) is 1. The fourth-order valence-electron chi connectivity index (χ4n) is 3.18. The van der Waals surface area contributed by atoms with Crippen LogP contribution >= 0.6 is 11.6 Å². The van der Waals surface area contributed by atoms with E-state index in [4.69, 9.17) is 25.8 Å². The molecule has 0 bridgehead atoms. The van der Waals surface area contributed by atoms with Crippen molar-refractivity contribution in [2.75, 3.05) is 45.8 Å². The molecule has 0 saturated carbocycles. The van der Waals surface area contributed by atoms with E-state index < -0.39 is 0 Å². The van der Waals surface area contributed by atoms with Gasteiger partial charge in [0.1, 0.15) is 0 Å². The van der Waals surface area contributed by atoms with Crippen LogP contribution in [0.5, 0.6) is 11.5 Å². The SMILES string of the molecule is COc1cc(C(=O)Nc2cccc(C(=O)N3CCOCC3)c2C)cc(Cl)c1OC. The molecule has 8 heteroatoms. The number of halogens is 1. The van der Waals surface area contributed by atoms with Gasteiger partial charge in [0.2, 0.25) is 0 Å². The van der Waals surface area contributed by atoms with Crippen molar-refractivity contribution in [2.24, 2.45) is 0 Å². The molecule has 0 radical (unpaired) electrons. The van der Waals surface area contributed by atoms with Gasteiger partial charge in [-0.05, 0) is 36.8 Å². The number of carbonyl (C=O) groups excluding carboxylic acids is 2. The minimum Gasteiger partial charge on any atom is -0.493 e. The lowest BCUT2D eigenvalue weighted by molar-refractivity contribution is 0.0302. The van der Waals surface area contributed by atoms with Crippen molar-refractivity contribution in [3.05, 3.63) is 52.0 Å². The molecular formula is C21H23ClN2O5. The number of benzene rings is 2. The molecule has 1 fully saturated rings. The van der Waals surface area contributed by atoms with E-state index in [-0.39, 0.29) is 16.8 Å². The number of anilines is 1. The highest BCUT2D eigenvalue weighted by Gasteiger charge is 2.22. The van der Waals surface area contributed by atoms with Crippen molar-refractivity contribution in [2.45, 2.75) is 6.92 Å². The zero-order valence-electron chi connectivity index (χ0n) is 16.6. The molecule has 1 aliphatic rings. The van der Waals surface area contributed by atoms with Gasteiger partial charge in [0, 0.05) is 29.9 Å².